The van der Waals surface area contributed by atoms with E-state index in [0.717, 1.165) is 0 Å². The van der Waals surface area contributed by atoms with Gasteiger partial charge in [0.05, 0.1) is 5.92 Å². The summed E-state index contributed by atoms with van der Waals surface area (Å²) in [6, 6.07) is 6.60. The van der Waals surface area contributed by atoms with E-state index in [1.165, 1.54) is 0 Å². The summed E-state index contributed by atoms with van der Waals surface area (Å²) in [7, 11) is 0. The zero-order valence-electron chi connectivity index (χ0n) is 15.7. The third-order valence-electron chi connectivity index (χ3n) is 4.24. The van der Waals surface area contributed by atoms with Crippen LogP contribution in [-0.4, -0.2) is 48.9 Å². The largest absolute Gasteiger partial charge is 0.356 e. The molecule has 2 rings (SSSR count). The van der Waals surface area contributed by atoms with Gasteiger partial charge in [-0.3, -0.25) is 9.59 Å². The lowest BCUT2D eigenvalue weighted by molar-refractivity contribution is -0.124. The minimum Gasteiger partial charge on any atom is -0.356 e. The molecule has 1 aromatic rings. The number of hydrogen-bond acceptors (Lipinski definition) is 3. The van der Waals surface area contributed by atoms with E-state index in [1.807, 2.05) is 20.8 Å². The highest BCUT2D eigenvalue weighted by molar-refractivity contribution is 5.97. The Balaban J connectivity index is 1.92. The predicted molar refractivity (Wildman–Crippen MR) is 101 cm³/mol. The second-order valence-corrected chi connectivity index (χ2v) is 6.94. The van der Waals surface area contributed by atoms with Gasteiger partial charge < -0.3 is 20.9 Å². The molecule has 0 saturated carbocycles. The maximum atomic E-state index is 12.4. The molecule has 0 aliphatic carbocycles. The van der Waals surface area contributed by atoms with Crippen molar-refractivity contribution >= 4 is 23.5 Å². The van der Waals surface area contributed by atoms with Crippen molar-refractivity contribution in [1.29, 1.82) is 0 Å². The Morgan fingerprint density at radius 1 is 1.23 bits per heavy atom. The Labute approximate surface area is 154 Å². The lowest BCUT2D eigenvalue weighted by Gasteiger charge is -2.17. The van der Waals surface area contributed by atoms with E-state index in [0.29, 0.717) is 49.8 Å². The van der Waals surface area contributed by atoms with Gasteiger partial charge in [0.1, 0.15) is 0 Å². The summed E-state index contributed by atoms with van der Waals surface area (Å²) in [5.74, 6) is 0.0441. The van der Waals surface area contributed by atoms with Gasteiger partial charge in [0.2, 0.25) is 5.91 Å². The predicted octanol–water partition coefficient (Wildman–Crippen LogP) is 2.06. The van der Waals surface area contributed by atoms with Gasteiger partial charge in [-0.15, -0.1) is 0 Å². The number of carbonyl (C=O) groups excluding carboxylic acids is 3. The molecule has 1 atom stereocenters. The highest BCUT2D eigenvalue weighted by atomic mass is 16.2. The monoisotopic (exact) mass is 360 g/mol. The molecule has 1 aromatic carbocycles. The van der Waals surface area contributed by atoms with Gasteiger partial charge in [0.15, 0.2) is 0 Å². The topological polar surface area (TPSA) is 90.5 Å². The lowest BCUT2D eigenvalue weighted by atomic mass is 10.1. The number of amides is 4. The van der Waals surface area contributed by atoms with E-state index in [2.05, 4.69) is 16.0 Å². The van der Waals surface area contributed by atoms with Crippen LogP contribution in [0.3, 0.4) is 0 Å². The van der Waals surface area contributed by atoms with Crippen molar-refractivity contribution in [3.05, 3.63) is 29.8 Å². The molecule has 1 saturated heterocycles. The first-order valence-electron chi connectivity index (χ1n) is 9.12. The van der Waals surface area contributed by atoms with Gasteiger partial charge in [-0.1, -0.05) is 19.9 Å². The number of nitrogens with one attached hydrogen (secondary N) is 3. The summed E-state index contributed by atoms with van der Waals surface area (Å²) in [5, 5.41) is 8.46. The van der Waals surface area contributed by atoms with Crippen LogP contribution in [0.1, 0.15) is 37.6 Å². The highest BCUT2D eigenvalue weighted by Gasteiger charge is 2.30. The molecule has 1 fully saturated rings. The Hall–Kier alpha value is -2.57. The molecule has 7 nitrogen and oxygen atoms in total. The van der Waals surface area contributed by atoms with Crippen molar-refractivity contribution in [2.24, 2.45) is 11.8 Å². The Bertz CT molecular complexity index is 660. The fourth-order valence-corrected chi connectivity index (χ4v) is 2.82. The summed E-state index contributed by atoms with van der Waals surface area (Å²) in [4.78, 5) is 38.1. The van der Waals surface area contributed by atoms with Crippen molar-refractivity contribution in [3.8, 4) is 0 Å². The van der Waals surface area contributed by atoms with Crippen LogP contribution in [0.5, 0.6) is 0 Å². The molecule has 0 unspecified atom stereocenters. The summed E-state index contributed by atoms with van der Waals surface area (Å²) < 4.78 is 0. The molecule has 1 aliphatic rings. The minimum absolute atomic E-state index is 0.00776. The third-order valence-corrected chi connectivity index (χ3v) is 4.24. The molecule has 7 heteroatoms. The zero-order chi connectivity index (χ0) is 19.1. The van der Waals surface area contributed by atoms with Crippen molar-refractivity contribution in [3.63, 3.8) is 0 Å². The zero-order valence-corrected chi connectivity index (χ0v) is 15.7. The summed E-state index contributed by atoms with van der Waals surface area (Å²) in [6.45, 7) is 8.08. The average Bonchev–Trinajstić information content (AvgIpc) is 3.10. The fraction of sp³-hybridized carbons (Fsp3) is 0.526. The molecule has 1 heterocycles. The van der Waals surface area contributed by atoms with Crippen LogP contribution in [0.4, 0.5) is 10.5 Å². The number of benzene rings is 1. The van der Waals surface area contributed by atoms with Crippen molar-refractivity contribution in [2.45, 2.75) is 27.2 Å². The summed E-state index contributed by atoms with van der Waals surface area (Å²) >= 11 is 0. The van der Waals surface area contributed by atoms with Crippen LogP contribution < -0.4 is 16.0 Å². The highest BCUT2D eigenvalue weighted by Crippen LogP contribution is 2.18. The van der Waals surface area contributed by atoms with Gasteiger partial charge in [-0.25, -0.2) is 4.79 Å². The standard InChI is InChI=1S/C19H28N4O3/c1-4-20-18(25)15-8-9-23(12-15)19(26)22-16-7-5-6-14(10-16)17(24)21-11-13(2)3/h5-7,10,13,15H,4,8-9,11-12H2,1-3H3,(H,20,25)(H,21,24)(H,22,26)/t15-/m0/s1. The van der Waals surface area contributed by atoms with Gasteiger partial charge in [-0.2, -0.15) is 0 Å². The first kappa shape index (κ1) is 19.8. The number of likely N-dealkylation sites (tertiary alicyclic amines) is 1. The molecule has 4 amide bonds. The Kier molecular flexibility index (Phi) is 7.00. The van der Waals surface area contributed by atoms with Crippen LogP contribution in [0.15, 0.2) is 24.3 Å². The summed E-state index contributed by atoms with van der Waals surface area (Å²) in [5.41, 5.74) is 1.07. The van der Waals surface area contributed by atoms with E-state index in [9.17, 15) is 14.4 Å². The third kappa shape index (κ3) is 5.47. The quantitative estimate of drug-likeness (QED) is 0.725. The molecule has 0 spiro atoms. The van der Waals surface area contributed by atoms with E-state index >= 15 is 0 Å². The molecule has 0 radical (unpaired) electrons. The Morgan fingerprint density at radius 2 is 2.00 bits per heavy atom. The van der Waals surface area contributed by atoms with E-state index in [4.69, 9.17) is 0 Å². The molecule has 142 valence electrons. The first-order valence-corrected chi connectivity index (χ1v) is 9.12. The van der Waals surface area contributed by atoms with Crippen LogP contribution >= 0.6 is 0 Å². The SMILES string of the molecule is CCNC(=O)[C@H]1CCN(C(=O)Nc2cccc(C(=O)NCC(C)C)c2)C1. The normalized spacial score (nSPS) is 16.5. The van der Waals surface area contributed by atoms with Gasteiger partial charge >= 0.3 is 6.03 Å². The molecule has 0 bridgehead atoms. The second kappa shape index (κ2) is 9.22. The molecule has 1 aliphatic heterocycles. The minimum atomic E-state index is -0.253. The van der Waals surface area contributed by atoms with E-state index < -0.39 is 0 Å². The van der Waals surface area contributed by atoms with Crippen molar-refractivity contribution in [1.82, 2.24) is 15.5 Å². The number of urea groups is 1. The van der Waals surface area contributed by atoms with Gasteiger partial charge in [0, 0.05) is 37.4 Å². The van der Waals surface area contributed by atoms with Crippen molar-refractivity contribution in [2.75, 3.05) is 31.5 Å². The average molecular weight is 360 g/mol. The number of carbonyl (C=O) groups is 3. The van der Waals surface area contributed by atoms with Crippen LogP contribution in [0.2, 0.25) is 0 Å². The second-order valence-electron chi connectivity index (χ2n) is 6.94. The summed E-state index contributed by atoms with van der Waals surface area (Å²) in [6.07, 6.45) is 0.664. The number of rotatable bonds is 6. The Morgan fingerprint density at radius 3 is 2.69 bits per heavy atom. The molecular formula is C19H28N4O3. The lowest BCUT2D eigenvalue weighted by Crippen LogP contribution is -2.36. The van der Waals surface area contributed by atoms with Crippen LogP contribution in [-0.2, 0) is 4.79 Å². The maximum Gasteiger partial charge on any atom is 0.321 e. The molecule has 26 heavy (non-hydrogen) atoms. The smallest absolute Gasteiger partial charge is 0.321 e. The van der Waals surface area contributed by atoms with Gasteiger partial charge in [0.25, 0.3) is 5.91 Å². The molecular weight excluding hydrogens is 332 g/mol. The van der Waals surface area contributed by atoms with Crippen molar-refractivity contribution < 1.29 is 14.4 Å². The maximum absolute atomic E-state index is 12.4. The van der Waals surface area contributed by atoms with Crippen LogP contribution in [0, 0.1) is 11.8 Å². The molecule has 3 N–H and O–H groups in total. The van der Waals surface area contributed by atoms with Gasteiger partial charge in [-0.05, 0) is 37.5 Å². The van der Waals surface area contributed by atoms with Crippen LogP contribution in [0.25, 0.3) is 0 Å². The van der Waals surface area contributed by atoms with E-state index in [-0.39, 0.29) is 23.8 Å². The molecule has 0 aromatic heterocycles. The number of anilines is 1. The van der Waals surface area contributed by atoms with E-state index in [1.54, 1.807) is 29.2 Å². The first-order chi connectivity index (χ1) is 12.4. The fourth-order valence-electron chi connectivity index (χ4n) is 2.82. The number of nitrogens with zero attached hydrogens (tertiary/aromatic N) is 1. The number of hydrogen-bond donors (Lipinski definition) is 3.